The molecule has 0 spiro atoms. The van der Waals surface area contributed by atoms with E-state index in [0.29, 0.717) is 5.92 Å². The largest absolute Gasteiger partial charge is 0.488 e. The zero-order valence-electron chi connectivity index (χ0n) is 7.93. The third-order valence-electron chi connectivity index (χ3n) is 2.14. The summed E-state index contributed by atoms with van der Waals surface area (Å²) < 4.78 is 5.10. The predicted molar refractivity (Wildman–Crippen MR) is 61.5 cm³/mol. The molecule has 0 bridgehead atoms. The number of hydrogen-bond acceptors (Lipinski definition) is 2. The lowest BCUT2D eigenvalue weighted by Crippen LogP contribution is -2.01. The SMILES string of the molecule is [CH]1OC=CC=C1SCC1C=CC=CC1. The molecule has 0 aromatic rings. The van der Waals surface area contributed by atoms with Gasteiger partial charge in [-0.25, -0.2) is 0 Å². The number of thioether (sulfide) groups is 1. The molecule has 0 N–H and O–H groups in total. The van der Waals surface area contributed by atoms with E-state index in [1.54, 1.807) is 12.9 Å². The van der Waals surface area contributed by atoms with Crippen LogP contribution in [0, 0.1) is 12.5 Å². The van der Waals surface area contributed by atoms with E-state index in [4.69, 9.17) is 4.74 Å². The first-order valence-corrected chi connectivity index (χ1v) is 5.75. The highest BCUT2D eigenvalue weighted by Gasteiger charge is 2.08. The van der Waals surface area contributed by atoms with Gasteiger partial charge in [-0.2, -0.15) is 0 Å². The first kappa shape index (κ1) is 9.66. The molecule has 1 aliphatic heterocycles. The number of rotatable bonds is 3. The van der Waals surface area contributed by atoms with Crippen LogP contribution in [-0.4, -0.2) is 5.75 Å². The Hall–Kier alpha value is -0.890. The molecule has 14 heavy (non-hydrogen) atoms. The van der Waals surface area contributed by atoms with Crippen molar-refractivity contribution in [2.24, 2.45) is 5.92 Å². The Labute approximate surface area is 89.2 Å². The summed E-state index contributed by atoms with van der Waals surface area (Å²) in [5.41, 5.74) is 0. The van der Waals surface area contributed by atoms with Crippen molar-refractivity contribution in [3.8, 4) is 0 Å². The van der Waals surface area contributed by atoms with Crippen LogP contribution >= 0.6 is 11.8 Å². The first-order chi connectivity index (χ1) is 6.95. The maximum absolute atomic E-state index is 5.10. The second kappa shape index (κ2) is 5.11. The zero-order chi connectivity index (χ0) is 9.64. The molecule has 1 nitrogen and oxygen atoms in total. The van der Waals surface area contributed by atoms with Gasteiger partial charge in [0.25, 0.3) is 0 Å². The number of ether oxygens (including phenoxy) is 1. The third kappa shape index (κ3) is 2.81. The monoisotopic (exact) mass is 205 g/mol. The van der Waals surface area contributed by atoms with Crippen molar-refractivity contribution in [3.05, 3.63) is 54.2 Å². The van der Waals surface area contributed by atoms with E-state index < -0.39 is 0 Å². The van der Waals surface area contributed by atoms with Gasteiger partial charge in [-0.3, -0.25) is 0 Å². The average Bonchev–Trinajstić information content (AvgIpc) is 2.29. The van der Waals surface area contributed by atoms with Crippen molar-refractivity contribution < 1.29 is 4.74 Å². The summed E-state index contributed by atoms with van der Waals surface area (Å²) in [7, 11) is 0. The van der Waals surface area contributed by atoms with Crippen molar-refractivity contribution in [2.45, 2.75) is 6.42 Å². The van der Waals surface area contributed by atoms with E-state index in [0.717, 1.165) is 12.2 Å². The minimum atomic E-state index is 0.671. The summed E-state index contributed by atoms with van der Waals surface area (Å²) >= 11 is 1.85. The summed E-state index contributed by atoms with van der Waals surface area (Å²) in [6.45, 7) is 1.80. The van der Waals surface area contributed by atoms with Crippen molar-refractivity contribution in [1.29, 1.82) is 0 Å². The number of hydrogen-bond donors (Lipinski definition) is 0. The molecule has 0 fully saturated rings. The lowest BCUT2D eigenvalue weighted by molar-refractivity contribution is 0.351. The minimum Gasteiger partial charge on any atom is -0.488 e. The molecule has 0 saturated heterocycles. The summed E-state index contributed by atoms with van der Waals surface area (Å²) in [5.74, 6) is 1.80. The molecule has 2 rings (SSSR count). The van der Waals surface area contributed by atoms with Gasteiger partial charge in [0.1, 0.15) is 0 Å². The molecule has 2 aliphatic rings. The van der Waals surface area contributed by atoms with Crippen molar-refractivity contribution >= 4 is 11.8 Å². The van der Waals surface area contributed by atoms with E-state index in [1.165, 1.54) is 4.91 Å². The van der Waals surface area contributed by atoms with Gasteiger partial charge in [0.2, 0.25) is 0 Å². The van der Waals surface area contributed by atoms with Crippen LogP contribution in [0.1, 0.15) is 6.42 Å². The third-order valence-corrected chi connectivity index (χ3v) is 3.30. The van der Waals surface area contributed by atoms with Gasteiger partial charge in [0, 0.05) is 10.7 Å². The van der Waals surface area contributed by atoms with Gasteiger partial charge in [-0.1, -0.05) is 24.3 Å². The van der Waals surface area contributed by atoms with Gasteiger partial charge in [-0.15, -0.1) is 11.8 Å². The normalized spacial score (nSPS) is 24.6. The van der Waals surface area contributed by atoms with Crippen LogP contribution in [0.15, 0.2) is 47.6 Å². The molecule has 2 heteroatoms. The second-order valence-corrected chi connectivity index (χ2v) is 4.36. The minimum absolute atomic E-state index is 0.671. The van der Waals surface area contributed by atoms with E-state index in [1.807, 2.05) is 17.8 Å². The Morgan fingerprint density at radius 3 is 3.07 bits per heavy atom. The van der Waals surface area contributed by atoms with E-state index in [9.17, 15) is 0 Å². The molecular formula is C12H13OS. The van der Waals surface area contributed by atoms with Crippen LogP contribution in [0.3, 0.4) is 0 Å². The van der Waals surface area contributed by atoms with Crippen molar-refractivity contribution in [1.82, 2.24) is 0 Å². The molecule has 0 saturated carbocycles. The van der Waals surface area contributed by atoms with Gasteiger partial charge in [0.05, 0.1) is 6.26 Å². The van der Waals surface area contributed by atoms with Crippen molar-refractivity contribution in [2.75, 3.05) is 5.75 Å². The van der Waals surface area contributed by atoms with Crippen LogP contribution in [0.4, 0.5) is 0 Å². The molecule has 0 amide bonds. The standard InChI is InChI=1S/C12H13OS/c1-2-5-11(6-3-1)10-14-12-7-4-8-13-9-12/h1-5,7-9,11H,6,10H2. The molecule has 1 radical (unpaired) electrons. The summed E-state index contributed by atoms with van der Waals surface area (Å²) in [6.07, 6.45) is 15.6. The molecule has 1 aliphatic carbocycles. The maximum Gasteiger partial charge on any atom is 0.170 e. The Kier molecular flexibility index (Phi) is 3.52. The molecule has 1 atom stereocenters. The summed E-state index contributed by atoms with van der Waals surface area (Å²) in [5, 5.41) is 0. The van der Waals surface area contributed by atoms with Crippen LogP contribution in [0.2, 0.25) is 0 Å². The Balaban J connectivity index is 1.76. The first-order valence-electron chi connectivity index (χ1n) is 4.77. The highest BCUT2D eigenvalue weighted by atomic mass is 32.2. The smallest absolute Gasteiger partial charge is 0.170 e. The molecule has 0 aromatic heterocycles. The fourth-order valence-electron chi connectivity index (χ4n) is 1.37. The summed E-state index contributed by atoms with van der Waals surface area (Å²) in [4.78, 5) is 1.20. The van der Waals surface area contributed by atoms with Gasteiger partial charge in [-0.05, 0) is 24.5 Å². The van der Waals surface area contributed by atoms with Gasteiger partial charge in [0.15, 0.2) is 6.61 Å². The van der Waals surface area contributed by atoms with Crippen LogP contribution in [0.5, 0.6) is 0 Å². The Morgan fingerprint density at radius 2 is 2.36 bits per heavy atom. The highest BCUT2D eigenvalue weighted by molar-refractivity contribution is 8.03. The van der Waals surface area contributed by atoms with E-state index in [2.05, 4.69) is 30.4 Å². The number of allylic oxidation sites excluding steroid dienone is 6. The zero-order valence-corrected chi connectivity index (χ0v) is 8.74. The van der Waals surface area contributed by atoms with Gasteiger partial charge < -0.3 is 4.74 Å². The van der Waals surface area contributed by atoms with E-state index >= 15 is 0 Å². The lowest BCUT2D eigenvalue weighted by atomic mass is 10.0. The summed E-state index contributed by atoms with van der Waals surface area (Å²) in [6, 6.07) is 0. The fraction of sp³-hybridized carbons (Fsp3) is 0.250. The average molecular weight is 205 g/mol. The van der Waals surface area contributed by atoms with Crippen LogP contribution in [-0.2, 0) is 4.74 Å². The van der Waals surface area contributed by atoms with Crippen LogP contribution in [0.25, 0.3) is 0 Å². The Bertz CT molecular complexity index is 299. The lowest BCUT2D eigenvalue weighted by Gasteiger charge is -2.14. The maximum atomic E-state index is 5.10. The fourth-order valence-corrected chi connectivity index (χ4v) is 2.32. The quantitative estimate of drug-likeness (QED) is 0.698. The second-order valence-electron chi connectivity index (χ2n) is 3.27. The van der Waals surface area contributed by atoms with Crippen LogP contribution < -0.4 is 0 Å². The van der Waals surface area contributed by atoms with Crippen molar-refractivity contribution in [3.63, 3.8) is 0 Å². The molecule has 1 unspecified atom stereocenters. The van der Waals surface area contributed by atoms with E-state index in [-0.39, 0.29) is 0 Å². The molecule has 0 aromatic carbocycles. The topological polar surface area (TPSA) is 9.23 Å². The molecule has 73 valence electrons. The highest BCUT2D eigenvalue weighted by Crippen LogP contribution is 2.26. The predicted octanol–water partition coefficient (Wildman–Crippen LogP) is 3.44. The van der Waals surface area contributed by atoms with Gasteiger partial charge >= 0.3 is 0 Å². The molecule has 1 heterocycles. The Morgan fingerprint density at radius 1 is 1.36 bits per heavy atom. The molecular weight excluding hydrogens is 192 g/mol.